The number of aromatic hydroxyl groups is 4. The summed E-state index contributed by atoms with van der Waals surface area (Å²) < 4.78 is 75.2. The zero-order chi connectivity index (χ0) is 95.4. The van der Waals surface area contributed by atoms with Crippen LogP contribution in [0, 0.1) is 17.8 Å². The summed E-state index contributed by atoms with van der Waals surface area (Å²) in [4.78, 5) is 65.7. The second kappa shape index (κ2) is 29.6. The number of hydrogen-bond acceptors (Lipinski definition) is 32. The molecule has 0 amide bonds. The summed E-state index contributed by atoms with van der Waals surface area (Å²) in [5.74, 6) is 4.98. The third-order valence-electron chi connectivity index (χ3n) is 40.1. The number of nitrogens with zero attached hydrogens (tertiary/aromatic N) is 8. The number of hydrogen-bond donors (Lipinski definition) is 7. The van der Waals surface area contributed by atoms with Gasteiger partial charge in [0.25, 0.3) is 0 Å². The molecule has 3 saturated carbocycles. The number of ether oxygens (including phenoxy) is 12. The first-order chi connectivity index (χ1) is 67.6. The Morgan fingerprint density at radius 2 is 0.729 bits per heavy atom. The van der Waals surface area contributed by atoms with Gasteiger partial charge < -0.3 is 127 Å². The van der Waals surface area contributed by atoms with E-state index in [1.54, 1.807) is 38.5 Å². The maximum atomic E-state index is 13.8. The molecule has 32 heteroatoms. The highest BCUT2D eigenvalue weighted by molar-refractivity contribution is 5.96. The maximum Gasteiger partial charge on any atom is 0.535 e. The van der Waals surface area contributed by atoms with Crippen LogP contribution in [0.2, 0.25) is 0 Å². The molecule has 16 unspecified atom stereocenters. The first-order valence-corrected chi connectivity index (χ1v) is 50.5. The van der Waals surface area contributed by atoms with Crippen molar-refractivity contribution in [3.05, 3.63) is 176 Å². The second-order valence-corrected chi connectivity index (χ2v) is 44.9. The fourth-order valence-corrected chi connectivity index (χ4v) is 34.2. The maximum absolute atomic E-state index is 13.8. The molecule has 140 heavy (non-hydrogen) atoms. The van der Waals surface area contributed by atoms with E-state index in [2.05, 4.69) is 112 Å². The van der Waals surface area contributed by atoms with Gasteiger partial charge in [-0.25, -0.2) is 14.4 Å². The molecule has 6 spiro atoms. The largest absolute Gasteiger partial charge is 0.535 e. The van der Waals surface area contributed by atoms with Crippen LogP contribution in [0.5, 0.6) is 69.0 Å². The van der Waals surface area contributed by atoms with Gasteiger partial charge in [0, 0.05) is 104 Å². The lowest BCUT2D eigenvalue weighted by Crippen LogP contribution is -2.76. The number of oxime groups is 2. The number of aliphatic hydroxyl groups is 3. The number of piperidine rings is 6. The summed E-state index contributed by atoms with van der Waals surface area (Å²) in [5, 5.41) is 89.5. The van der Waals surface area contributed by atoms with E-state index in [1.165, 1.54) is 16.7 Å². The average Bonchev–Trinajstić information content (AvgIpc) is 1.47. The van der Waals surface area contributed by atoms with E-state index in [4.69, 9.17) is 66.5 Å². The Hall–Kier alpha value is -11.1. The molecule has 30 rings (SSSR count). The predicted octanol–water partition coefficient (Wildman–Crippen LogP) is 8.74. The van der Waals surface area contributed by atoms with Gasteiger partial charge in [0.15, 0.2) is 99.5 Å². The molecule has 6 saturated heterocycles. The third kappa shape index (κ3) is 10.7. The normalized spacial score (nSPS) is 41.1. The average molecular weight is 1910 g/mol. The van der Waals surface area contributed by atoms with Gasteiger partial charge in [0.05, 0.1) is 58.7 Å². The lowest BCUT2D eigenvalue weighted by molar-refractivity contribution is -0.207. The van der Waals surface area contributed by atoms with E-state index in [-0.39, 0.29) is 69.7 Å². The Bertz CT molecular complexity index is 6560. The number of carbonyl (C=O) groups excluding carboxylic acids is 3. The summed E-state index contributed by atoms with van der Waals surface area (Å²) in [6.45, 7) is 4.66. The fraction of sp³-hybridized carbons (Fsp3) is 0.565. The number of benzene rings is 6. The summed E-state index contributed by atoms with van der Waals surface area (Å²) >= 11 is 0. The van der Waals surface area contributed by atoms with Crippen LogP contribution >= 0.6 is 0 Å². The highest BCUT2D eigenvalue weighted by Crippen LogP contribution is 2.73. The fourth-order valence-electron chi connectivity index (χ4n) is 34.2. The molecule has 6 aromatic carbocycles. The van der Waals surface area contributed by atoms with Crippen LogP contribution in [0.4, 0.5) is 9.59 Å². The van der Waals surface area contributed by atoms with Crippen LogP contribution in [0.25, 0.3) is 0 Å². The minimum atomic E-state index is -1.04. The Labute approximate surface area is 809 Å². The number of phenols is 4. The number of rotatable bonds is 10. The smallest absolute Gasteiger partial charge is 0.504 e. The third-order valence-corrected chi connectivity index (χ3v) is 40.1. The topological polar surface area (TPSA) is 366 Å². The zero-order valence-corrected chi connectivity index (χ0v) is 79.7. The molecule has 12 aliphatic carbocycles. The van der Waals surface area contributed by atoms with Crippen LogP contribution < -0.4 is 37.9 Å². The number of likely N-dealkylation sites (tertiary alicyclic amines) is 6. The van der Waals surface area contributed by atoms with Gasteiger partial charge >= 0.3 is 18.3 Å². The first-order valence-electron chi connectivity index (χ1n) is 50.5. The van der Waals surface area contributed by atoms with Crippen LogP contribution in [-0.4, -0.2) is 311 Å². The number of methoxy groups -OCH3 is 2. The highest BCUT2D eigenvalue weighted by atomic mass is 16.8. The molecule has 7 N–H and O–H groups in total. The molecule has 12 bridgehead atoms. The summed E-state index contributed by atoms with van der Waals surface area (Å²) in [6, 6.07) is 23.6. The zero-order valence-electron chi connectivity index (χ0n) is 79.7. The number of phenolic OH excluding ortho intramolecular Hbond substituents is 4. The second-order valence-electron chi connectivity index (χ2n) is 44.9. The van der Waals surface area contributed by atoms with Crippen molar-refractivity contribution in [2.75, 3.05) is 102 Å². The van der Waals surface area contributed by atoms with Crippen molar-refractivity contribution < 1.29 is 117 Å². The molecule has 32 nitrogen and oxygen atoms in total. The van der Waals surface area contributed by atoms with Crippen LogP contribution in [0.15, 0.2) is 120 Å². The van der Waals surface area contributed by atoms with Crippen molar-refractivity contribution in [2.24, 2.45) is 28.1 Å². The van der Waals surface area contributed by atoms with E-state index in [0.717, 1.165) is 141 Å². The molecule has 0 radical (unpaired) electrons. The van der Waals surface area contributed by atoms with Gasteiger partial charge in [0.2, 0.25) is 6.61 Å². The van der Waals surface area contributed by atoms with E-state index in [0.29, 0.717) is 140 Å². The minimum Gasteiger partial charge on any atom is -0.504 e. The van der Waals surface area contributed by atoms with E-state index >= 15 is 0 Å². The first kappa shape index (κ1) is 86.8. The van der Waals surface area contributed by atoms with Gasteiger partial charge in [-0.3, -0.25) is 4.84 Å². The van der Waals surface area contributed by atoms with Crippen molar-refractivity contribution in [2.45, 2.75) is 262 Å². The van der Waals surface area contributed by atoms with Gasteiger partial charge in [-0.1, -0.05) is 64.9 Å². The van der Waals surface area contributed by atoms with Crippen LogP contribution in [-0.2, 0) is 104 Å². The monoisotopic (exact) mass is 1910 g/mol. The Kier molecular flexibility index (Phi) is 18.3. The van der Waals surface area contributed by atoms with Gasteiger partial charge in [-0.05, 0) is 285 Å². The Morgan fingerprint density at radius 3 is 1.18 bits per heavy atom. The molecule has 12 heterocycles. The number of likely N-dealkylation sites (N-methyl/N-ethyl adjacent to an activating group) is 6. The van der Waals surface area contributed by atoms with Crippen molar-refractivity contribution in [1.29, 1.82) is 0 Å². The Balaban J connectivity index is 0.000000103. The minimum absolute atomic E-state index is 0.0528. The standard InChI is InChI=1S/2C36H39N3O8.C36H40N2O8/c1-38-14-12-34-20-6-9-25(32(34)45-29-23(40)7-4-18(27(29)34)16-22(20)38)44-33(41)47-37-21-10-11-36(42)26-17-19-5-8-24(43-3)30-28(19)35(36,31(21)46-30)13-15-39(26)2;1-38-13-11-34-20-5-8-25(33(34)47-30-23(40)6-3-18(28(30)34)15-22(20)38)45-27(42)17-44-37-21-9-10-36(43)26-16-19-4-7-24(41)31-29(19)35(36,32(21)46-31)12-14-39(26)2;1-37-14-12-34-20-6-9-24(31(34)45-29-22(39)7-4-18(27(29)34)16-21(20)37)43-33(40)44-25-10-11-36(41)26-17-19-5-8-23(42-3)30-28(19)35(36,32(25)46-30)13-15-38(26)2/h4-9,20,22,25-26,31-32,40,42H,10-17H2,1-3H3;3-8,20,22,25-26,32-33,40-41,43H,9-17H2,1-2H3;4-9,20-21,24-26,31-32,39,41H,10-17H2,1-3H3/b;37-21+;/t20?,22?,25-,26?,31?,32?,34-,35-,36+;20?,22?,25-,26?,32?,33?,34-,35-,36+;20?,21?,24-,25?,26?,31?,32?,34-,35-,36+/m000/s1. The number of carbonyl (C=O) groups is 3. The number of esters is 1. The molecule has 9 fully saturated rings. The molecule has 24 aliphatic rings. The molecular weight excluding hydrogens is 1790 g/mol. The summed E-state index contributed by atoms with van der Waals surface area (Å²) in [5.41, 5.74) is 7.89. The van der Waals surface area contributed by atoms with Crippen LogP contribution in [0.1, 0.15) is 144 Å². The lowest BCUT2D eigenvalue weighted by atomic mass is 9.48. The molecule has 0 aromatic heterocycles. The summed E-state index contributed by atoms with van der Waals surface area (Å²) in [6.07, 6.45) is 16.9. The van der Waals surface area contributed by atoms with Crippen molar-refractivity contribution >= 4 is 29.7 Å². The predicted molar refractivity (Wildman–Crippen MR) is 501 cm³/mol. The molecule has 6 aromatic rings. The summed E-state index contributed by atoms with van der Waals surface area (Å²) in [7, 11) is 16.0. The molecule has 28 atom stereocenters. The van der Waals surface area contributed by atoms with Gasteiger partial charge in [-0.15, -0.1) is 0 Å². The van der Waals surface area contributed by atoms with Gasteiger partial charge in [-0.2, -0.15) is 0 Å². The molecular formula is C108H118N8O24. The lowest BCUT2D eigenvalue weighted by Gasteiger charge is -2.63. The Morgan fingerprint density at radius 1 is 0.371 bits per heavy atom. The van der Waals surface area contributed by atoms with E-state index in [9.17, 15) is 50.1 Å². The van der Waals surface area contributed by atoms with Crippen molar-refractivity contribution in [3.8, 4) is 69.0 Å². The molecule has 12 aliphatic heterocycles. The molecule has 734 valence electrons. The van der Waals surface area contributed by atoms with E-state index < -0.39 is 124 Å². The SMILES string of the molecule is CN1CC[C@]23c4c5ccc(O)c4OC2[C@@H](OC(=O)CO/N=C2\CC[C@@]4(O)C6Cc7ccc(O)c8c7[C@@]4(CCN6C)C2O8)C=CC3C1C5.COc1ccc2c3c1OC1C(=NOC(=O)O[C@H]4C=CC5C6Cc7ccc(O)c8c7[C@@]5(CCN6C)C4O8)CC[C@@]4(O)C(C2)N(C)CC[C@]314.COc1ccc2c3c1OC1C(OC(=O)O[C@H]4C=CC5C6Cc7ccc(O)c8c7[C@@]5(CCN6C)C4O8)CC[C@@]4(O)C(C2)N(C)CC[C@]314. The van der Waals surface area contributed by atoms with E-state index in [1.807, 2.05) is 54.6 Å². The van der Waals surface area contributed by atoms with Crippen molar-refractivity contribution in [1.82, 2.24) is 29.4 Å². The van der Waals surface area contributed by atoms with Gasteiger partial charge in [0.1, 0.15) is 30.5 Å². The highest BCUT2D eigenvalue weighted by Gasteiger charge is 2.78. The quantitative estimate of drug-likeness (QED) is 0.0221. The van der Waals surface area contributed by atoms with Crippen LogP contribution in [0.3, 0.4) is 0 Å². The van der Waals surface area contributed by atoms with Crippen molar-refractivity contribution in [3.63, 3.8) is 0 Å².